The summed E-state index contributed by atoms with van der Waals surface area (Å²) in [7, 11) is 1.65. The van der Waals surface area contributed by atoms with Gasteiger partial charge in [0, 0.05) is 17.5 Å². The maximum atomic E-state index is 12.2. The average molecular weight is 301 g/mol. The summed E-state index contributed by atoms with van der Waals surface area (Å²) in [4.78, 5) is 2.51. The highest BCUT2D eigenvalue weighted by atomic mass is 35.5. The molecule has 1 aromatic heterocycles. The molecule has 0 aliphatic carbocycles. The highest BCUT2D eigenvalue weighted by molar-refractivity contribution is 7.16. The minimum absolute atomic E-state index is 0.0781. The summed E-state index contributed by atoms with van der Waals surface area (Å²) in [5.74, 6) is 0. The Kier molecular flexibility index (Phi) is 5.46. The van der Waals surface area contributed by atoms with Crippen LogP contribution >= 0.6 is 22.9 Å². The van der Waals surface area contributed by atoms with E-state index in [1.54, 1.807) is 24.9 Å². The van der Waals surface area contributed by atoms with Crippen LogP contribution in [-0.4, -0.2) is 30.7 Å². The number of thiophene rings is 1. The Bertz CT molecular complexity index is 379. The zero-order valence-corrected chi connectivity index (χ0v) is 11.7. The van der Waals surface area contributed by atoms with Gasteiger partial charge in [0.15, 0.2) is 0 Å². The molecule has 0 amide bonds. The molecule has 0 saturated carbocycles. The maximum absolute atomic E-state index is 12.2. The van der Waals surface area contributed by atoms with Gasteiger partial charge in [-0.05, 0) is 26.1 Å². The smallest absolute Gasteiger partial charge is 0.326 e. The second-order valence-corrected chi connectivity index (χ2v) is 6.04. The molecule has 1 aromatic rings. The zero-order valence-electron chi connectivity index (χ0n) is 10.2. The predicted octanol–water partition coefficient (Wildman–Crippen LogP) is 3.67. The molecular weight excluding hydrogens is 285 g/mol. The fraction of sp³-hybridized carbons (Fsp3) is 0.636. The van der Waals surface area contributed by atoms with Gasteiger partial charge in [-0.2, -0.15) is 13.2 Å². The first-order valence-corrected chi connectivity index (χ1v) is 6.68. The van der Waals surface area contributed by atoms with Gasteiger partial charge >= 0.3 is 6.18 Å². The third-order valence-electron chi connectivity index (χ3n) is 2.61. The molecule has 0 aliphatic rings. The Hall–Kier alpha value is -0.300. The quantitative estimate of drug-likeness (QED) is 0.899. The van der Waals surface area contributed by atoms with E-state index >= 15 is 0 Å². The number of hydrogen-bond donors (Lipinski definition) is 1. The van der Waals surface area contributed by atoms with Gasteiger partial charge in [0.1, 0.15) is 0 Å². The monoisotopic (exact) mass is 300 g/mol. The lowest BCUT2D eigenvalue weighted by Gasteiger charge is -2.30. The van der Waals surface area contributed by atoms with Crippen LogP contribution in [-0.2, 0) is 0 Å². The van der Waals surface area contributed by atoms with E-state index in [0.29, 0.717) is 4.34 Å². The molecule has 2 nitrogen and oxygen atoms in total. The number of hydrogen-bond acceptors (Lipinski definition) is 3. The topological polar surface area (TPSA) is 29.3 Å². The fourth-order valence-electron chi connectivity index (χ4n) is 1.81. The second kappa shape index (κ2) is 6.23. The van der Waals surface area contributed by atoms with Crippen LogP contribution in [0.4, 0.5) is 13.2 Å². The molecule has 0 fully saturated rings. The van der Waals surface area contributed by atoms with Crippen LogP contribution < -0.4 is 5.73 Å². The number of alkyl halides is 3. The maximum Gasteiger partial charge on any atom is 0.390 e. The molecule has 1 rings (SSSR count). The number of likely N-dealkylation sites (N-methyl/N-ethyl adjacent to an activating group) is 1. The van der Waals surface area contributed by atoms with Gasteiger partial charge in [-0.3, -0.25) is 4.90 Å². The standard InChI is InChI=1S/C11H16ClF3N2S/c1-7(16)10(8-3-4-9(12)18-8)17(2)6-5-11(13,14)15/h3-4,7,10H,5-6,16H2,1-2H3. The lowest BCUT2D eigenvalue weighted by Crippen LogP contribution is -2.38. The highest BCUT2D eigenvalue weighted by Crippen LogP contribution is 2.32. The van der Waals surface area contributed by atoms with E-state index in [9.17, 15) is 13.2 Å². The SMILES string of the molecule is CC(N)C(c1ccc(Cl)s1)N(C)CCC(F)(F)F. The summed E-state index contributed by atoms with van der Waals surface area (Å²) in [6.07, 6.45) is -4.99. The average Bonchev–Trinajstić information content (AvgIpc) is 2.60. The van der Waals surface area contributed by atoms with Crippen molar-refractivity contribution in [3.05, 3.63) is 21.3 Å². The van der Waals surface area contributed by atoms with Crippen LogP contribution in [0.25, 0.3) is 0 Å². The van der Waals surface area contributed by atoms with E-state index in [-0.39, 0.29) is 18.6 Å². The third-order valence-corrected chi connectivity index (χ3v) is 3.91. The van der Waals surface area contributed by atoms with Crippen molar-refractivity contribution in [3.63, 3.8) is 0 Å². The van der Waals surface area contributed by atoms with Crippen LogP contribution in [0.15, 0.2) is 12.1 Å². The molecule has 0 aromatic carbocycles. The van der Waals surface area contributed by atoms with Crippen LogP contribution in [0, 0.1) is 0 Å². The Morgan fingerprint density at radius 1 is 1.44 bits per heavy atom. The Morgan fingerprint density at radius 2 is 2.06 bits per heavy atom. The number of rotatable bonds is 5. The van der Waals surface area contributed by atoms with E-state index in [1.807, 2.05) is 6.07 Å². The molecule has 104 valence electrons. The van der Waals surface area contributed by atoms with Gasteiger partial charge in [0.05, 0.1) is 16.8 Å². The first-order valence-electron chi connectivity index (χ1n) is 5.48. The third kappa shape index (κ3) is 4.76. The van der Waals surface area contributed by atoms with Crippen molar-refractivity contribution in [1.82, 2.24) is 4.90 Å². The van der Waals surface area contributed by atoms with Crippen molar-refractivity contribution >= 4 is 22.9 Å². The lowest BCUT2D eigenvalue weighted by molar-refractivity contribution is -0.138. The zero-order chi connectivity index (χ0) is 13.9. The molecule has 7 heteroatoms. The molecule has 2 unspecified atom stereocenters. The largest absolute Gasteiger partial charge is 0.390 e. The van der Waals surface area contributed by atoms with Gasteiger partial charge in [-0.1, -0.05) is 11.6 Å². The van der Waals surface area contributed by atoms with Crippen molar-refractivity contribution in [2.45, 2.75) is 31.6 Å². The summed E-state index contributed by atoms with van der Waals surface area (Å²) in [5.41, 5.74) is 5.86. The molecule has 0 saturated heterocycles. The van der Waals surface area contributed by atoms with Crippen molar-refractivity contribution < 1.29 is 13.2 Å². The van der Waals surface area contributed by atoms with Crippen LogP contribution in [0.3, 0.4) is 0 Å². The number of halogens is 4. The Morgan fingerprint density at radius 3 is 2.44 bits per heavy atom. The molecule has 0 spiro atoms. The first-order chi connectivity index (χ1) is 8.20. The summed E-state index contributed by atoms with van der Waals surface area (Å²) in [5, 5.41) is 0. The highest BCUT2D eigenvalue weighted by Gasteiger charge is 2.30. The molecule has 0 aliphatic heterocycles. The van der Waals surface area contributed by atoms with E-state index < -0.39 is 12.6 Å². The van der Waals surface area contributed by atoms with Crippen LogP contribution in [0.5, 0.6) is 0 Å². The van der Waals surface area contributed by atoms with Crippen molar-refractivity contribution in [2.75, 3.05) is 13.6 Å². The molecule has 1 heterocycles. The molecule has 2 N–H and O–H groups in total. The summed E-state index contributed by atoms with van der Waals surface area (Å²) < 4.78 is 37.2. The van der Waals surface area contributed by atoms with Gasteiger partial charge in [0.2, 0.25) is 0 Å². The lowest BCUT2D eigenvalue weighted by atomic mass is 10.1. The second-order valence-electron chi connectivity index (χ2n) is 4.29. The Balaban J connectivity index is 2.73. The van der Waals surface area contributed by atoms with E-state index in [1.165, 1.54) is 11.3 Å². The first kappa shape index (κ1) is 15.8. The number of nitrogens with zero attached hydrogens (tertiary/aromatic N) is 1. The Labute approximate surface area is 114 Å². The minimum atomic E-state index is -4.15. The molecular formula is C11H16ClF3N2S. The van der Waals surface area contributed by atoms with Gasteiger partial charge < -0.3 is 5.73 Å². The molecule has 2 atom stereocenters. The van der Waals surface area contributed by atoms with Gasteiger partial charge in [-0.25, -0.2) is 0 Å². The predicted molar refractivity (Wildman–Crippen MR) is 69.0 cm³/mol. The summed E-state index contributed by atoms with van der Waals surface area (Å²) >= 11 is 7.19. The normalized spacial score (nSPS) is 16.0. The summed E-state index contributed by atoms with van der Waals surface area (Å²) in [6.45, 7) is 1.70. The van der Waals surface area contributed by atoms with Crippen molar-refractivity contribution in [3.8, 4) is 0 Å². The van der Waals surface area contributed by atoms with Crippen LogP contribution in [0.1, 0.15) is 24.3 Å². The summed E-state index contributed by atoms with van der Waals surface area (Å²) in [6, 6.07) is 3.03. The van der Waals surface area contributed by atoms with Crippen LogP contribution in [0.2, 0.25) is 4.34 Å². The molecule has 0 radical (unpaired) electrons. The number of nitrogens with two attached hydrogens (primary N) is 1. The molecule has 0 bridgehead atoms. The van der Waals surface area contributed by atoms with Gasteiger partial charge in [-0.15, -0.1) is 11.3 Å². The van der Waals surface area contributed by atoms with E-state index in [2.05, 4.69) is 0 Å². The van der Waals surface area contributed by atoms with Crippen molar-refractivity contribution in [2.24, 2.45) is 5.73 Å². The van der Waals surface area contributed by atoms with Crippen molar-refractivity contribution in [1.29, 1.82) is 0 Å². The van der Waals surface area contributed by atoms with E-state index in [4.69, 9.17) is 17.3 Å². The molecule has 18 heavy (non-hydrogen) atoms. The van der Waals surface area contributed by atoms with E-state index in [0.717, 1.165) is 4.88 Å². The fourth-order valence-corrected chi connectivity index (χ4v) is 3.15. The van der Waals surface area contributed by atoms with Gasteiger partial charge in [0.25, 0.3) is 0 Å². The minimum Gasteiger partial charge on any atom is -0.326 e.